The standard InChI is InChI=1S/C21H26N2O3/c24-15-18(13-16-7-3-1-4-8-16)23-20-14-17(11-12-22-20)21(25)26-19-9-5-2-6-10-19/h1,3-4,7-8,11-12,14,18-19,24H,2,5-6,9-10,13,15H2,(H,22,23). The number of carbonyl (C=O) groups is 1. The number of aliphatic hydroxyl groups is 1. The van der Waals surface area contributed by atoms with Crippen molar-refractivity contribution in [3.8, 4) is 0 Å². The highest BCUT2D eigenvalue weighted by molar-refractivity contribution is 5.90. The monoisotopic (exact) mass is 354 g/mol. The Hall–Kier alpha value is -2.40. The number of hydrogen-bond donors (Lipinski definition) is 2. The predicted octanol–water partition coefficient (Wildman–Crippen LogP) is 3.59. The van der Waals surface area contributed by atoms with Crippen LogP contribution < -0.4 is 5.32 Å². The molecule has 1 atom stereocenters. The third-order valence-corrected chi connectivity index (χ3v) is 4.72. The number of carbonyl (C=O) groups excluding carboxylic acids is 1. The molecule has 1 heterocycles. The molecule has 0 saturated heterocycles. The van der Waals surface area contributed by atoms with Crippen molar-refractivity contribution in [3.05, 3.63) is 59.8 Å². The highest BCUT2D eigenvalue weighted by Crippen LogP contribution is 2.22. The fraction of sp³-hybridized carbons (Fsp3) is 0.429. The van der Waals surface area contributed by atoms with Gasteiger partial charge in [0, 0.05) is 6.20 Å². The maximum absolute atomic E-state index is 12.4. The first kappa shape index (κ1) is 18.4. The minimum absolute atomic E-state index is 0.0205. The SMILES string of the molecule is O=C(OC1CCCCC1)c1ccnc(NC(CO)Cc2ccccc2)c1. The zero-order valence-corrected chi connectivity index (χ0v) is 14.9. The number of nitrogens with one attached hydrogen (secondary N) is 1. The molecule has 138 valence electrons. The van der Waals surface area contributed by atoms with Gasteiger partial charge in [-0.1, -0.05) is 36.8 Å². The summed E-state index contributed by atoms with van der Waals surface area (Å²) in [6.45, 7) is -0.0205. The molecular weight excluding hydrogens is 328 g/mol. The first-order valence-electron chi connectivity index (χ1n) is 9.33. The van der Waals surface area contributed by atoms with Crippen molar-refractivity contribution in [2.24, 2.45) is 0 Å². The number of aliphatic hydroxyl groups excluding tert-OH is 1. The lowest BCUT2D eigenvalue weighted by atomic mass is 9.98. The van der Waals surface area contributed by atoms with Crippen molar-refractivity contribution in [2.75, 3.05) is 11.9 Å². The number of esters is 1. The zero-order valence-electron chi connectivity index (χ0n) is 14.9. The van der Waals surface area contributed by atoms with Gasteiger partial charge in [0.1, 0.15) is 11.9 Å². The average Bonchev–Trinajstić information content (AvgIpc) is 2.69. The zero-order chi connectivity index (χ0) is 18.2. The van der Waals surface area contributed by atoms with E-state index in [-0.39, 0.29) is 24.7 Å². The number of ether oxygens (including phenoxy) is 1. The van der Waals surface area contributed by atoms with E-state index in [1.54, 1.807) is 18.3 Å². The molecule has 5 heteroatoms. The molecule has 1 saturated carbocycles. The first-order chi connectivity index (χ1) is 12.7. The number of nitrogens with zero attached hydrogens (tertiary/aromatic N) is 1. The summed E-state index contributed by atoms with van der Waals surface area (Å²) in [5, 5.41) is 12.9. The van der Waals surface area contributed by atoms with Gasteiger partial charge in [-0.15, -0.1) is 0 Å². The van der Waals surface area contributed by atoms with Crippen LogP contribution in [0.25, 0.3) is 0 Å². The van der Waals surface area contributed by atoms with Gasteiger partial charge in [-0.3, -0.25) is 0 Å². The second-order valence-corrected chi connectivity index (χ2v) is 6.81. The highest BCUT2D eigenvalue weighted by atomic mass is 16.5. The summed E-state index contributed by atoms with van der Waals surface area (Å²) in [4.78, 5) is 16.7. The quantitative estimate of drug-likeness (QED) is 0.744. The number of hydrogen-bond acceptors (Lipinski definition) is 5. The Morgan fingerprint density at radius 2 is 1.96 bits per heavy atom. The summed E-state index contributed by atoms with van der Waals surface area (Å²) in [7, 11) is 0. The van der Waals surface area contributed by atoms with Gasteiger partial charge in [0.25, 0.3) is 0 Å². The van der Waals surface area contributed by atoms with E-state index < -0.39 is 0 Å². The van der Waals surface area contributed by atoms with E-state index in [1.165, 1.54) is 6.42 Å². The maximum atomic E-state index is 12.4. The number of benzene rings is 1. The molecular formula is C21H26N2O3. The summed E-state index contributed by atoms with van der Waals surface area (Å²) in [6.07, 6.45) is 7.67. The van der Waals surface area contributed by atoms with Gasteiger partial charge in [0.2, 0.25) is 0 Å². The Kier molecular flexibility index (Phi) is 6.61. The van der Waals surface area contributed by atoms with E-state index in [2.05, 4.69) is 10.3 Å². The van der Waals surface area contributed by atoms with Crippen molar-refractivity contribution >= 4 is 11.8 Å². The molecule has 0 radical (unpaired) electrons. The van der Waals surface area contributed by atoms with E-state index in [9.17, 15) is 9.90 Å². The van der Waals surface area contributed by atoms with Crippen LogP contribution in [0.3, 0.4) is 0 Å². The first-order valence-corrected chi connectivity index (χ1v) is 9.33. The molecule has 1 aliphatic rings. The Morgan fingerprint density at radius 1 is 1.19 bits per heavy atom. The van der Waals surface area contributed by atoms with E-state index in [0.29, 0.717) is 17.8 Å². The van der Waals surface area contributed by atoms with E-state index in [4.69, 9.17) is 4.74 Å². The normalized spacial score (nSPS) is 16.0. The third-order valence-electron chi connectivity index (χ3n) is 4.72. The summed E-state index contributed by atoms with van der Waals surface area (Å²) >= 11 is 0. The number of pyridine rings is 1. The van der Waals surface area contributed by atoms with Gasteiger partial charge in [-0.25, -0.2) is 9.78 Å². The van der Waals surface area contributed by atoms with Crippen LogP contribution in [0.2, 0.25) is 0 Å². The smallest absolute Gasteiger partial charge is 0.338 e. The van der Waals surface area contributed by atoms with Gasteiger partial charge in [0.05, 0.1) is 18.2 Å². The molecule has 26 heavy (non-hydrogen) atoms. The van der Waals surface area contributed by atoms with Crippen LogP contribution >= 0.6 is 0 Å². The van der Waals surface area contributed by atoms with Crippen LogP contribution in [-0.2, 0) is 11.2 Å². The molecule has 1 aromatic carbocycles. The maximum Gasteiger partial charge on any atom is 0.338 e. The third kappa shape index (κ3) is 5.30. The molecule has 3 rings (SSSR count). The van der Waals surface area contributed by atoms with Crippen LogP contribution in [-0.4, -0.2) is 34.8 Å². The highest BCUT2D eigenvalue weighted by Gasteiger charge is 2.19. The Balaban J connectivity index is 1.61. The van der Waals surface area contributed by atoms with Crippen molar-refractivity contribution in [2.45, 2.75) is 50.7 Å². The molecule has 0 aliphatic heterocycles. The molecule has 2 N–H and O–H groups in total. The second kappa shape index (κ2) is 9.34. The predicted molar refractivity (Wildman–Crippen MR) is 101 cm³/mol. The van der Waals surface area contributed by atoms with Crippen LogP contribution in [0.15, 0.2) is 48.7 Å². The molecule has 0 bridgehead atoms. The second-order valence-electron chi connectivity index (χ2n) is 6.81. The largest absolute Gasteiger partial charge is 0.459 e. The van der Waals surface area contributed by atoms with Crippen LogP contribution in [0, 0.1) is 0 Å². The molecule has 1 aliphatic carbocycles. The van der Waals surface area contributed by atoms with Crippen molar-refractivity contribution in [1.29, 1.82) is 0 Å². The Morgan fingerprint density at radius 3 is 2.69 bits per heavy atom. The van der Waals surface area contributed by atoms with Crippen LogP contribution in [0.4, 0.5) is 5.82 Å². The van der Waals surface area contributed by atoms with E-state index in [1.807, 2.05) is 30.3 Å². The number of rotatable bonds is 7. The fourth-order valence-corrected chi connectivity index (χ4v) is 3.31. The Bertz CT molecular complexity index is 699. The number of anilines is 1. The lowest BCUT2D eigenvalue weighted by Gasteiger charge is -2.22. The molecule has 2 aromatic rings. The molecule has 1 unspecified atom stereocenters. The minimum Gasteiger partial charge on any atom is -0.459 e. The Labute approximate surface area is 154 Å². The molecule has 0 amide bonds. The molecule has 1 fully saturated rings. The lowest BCUT2D eigenvalue weighted by Crippen LogP contribution is -2.27. The van der Waals surface area contributed by atoms with Crippen LogP contribution in [0.5, 0.6) is 0 Å². The minimum atomic E-state index is -0.300. The summed E-state index contributed by atoms with van der Waals surface area (Å²) in [5.41, 5.74) is 1.62. The fourth-order valence-electron chi connectivity index (χ4n) is 3.31. The average molecular weight is 354 g/mol. The topological polar surface area (TPSA) is 71.5 Å². The lowest BCUT2D eigenvalue weighted by molar-refractivity contribution is 0.0211. The van der Waals surface area contributed by atoms with Gasteiger partial charge in [-0.2, -0.15) is 0 Å². The van der Waals surface area contributed by atoms with Gasteiger partial charge < -0.3 is 15.2 Å². The molecule has 0 spiro atoms. The molecule has 1 aromatic heterocycles. The number of aromatic nitrogens is 1. The van der Waals surface area contributed by atoms with E-state index in [0.717, 1.165) is 31.2 Å². The van der Waals surface area contributed by atoms with Crippen LogP contribution in [0.1, 0.15) is 48.0 Å². The summed E-state index contributed by atoms with van der Waals surface area (Å²) < 4.78 is 5.62. The molecule has 5 nitrogen and oxygen atoms in total. The van der Waals surface area contributed by atoms with E-state index >= 15 is 0 Å². The van der Waals surface area contributed by atoms with Gasteiger partial charge in [0.15, 0.2) is 0 Å². The van der Waals surface area contributed by atoms with Crippen molar-refractivity contribution < 1.29 is 14.6 Å². The summed E-state index contributed by atoms with van der Waals surface area (Å²) in [5.74, 6) is 0.268. The van der Waals surface area contributed by atoms with Gasteiger partial charge in [-0.05, 0) is 49.8 Å². The van der Waals surface area contributed by atoms with Crippen molar-refractivity contribution in [1.82, 2.24) is 4.98 Å². The summed E-state index contributed by atoms with van der Waals surface area (Å²) in [6, 6.07) is 13.2. The van der Waals surface area contributed by atoms with Gasteiger partial charge >= 0.3 is 5.97 Å². The van der Waals surface area contributed by atoms with Crippen molar-refractivity contribution in [3.63, 3.8) is 0 Å².